The topological polar surface area (TPSA) is 30.0 Å². The van der Waals surface area contributed by atoms with Crippen LogP contribution < -0.4 is 0 Å². The number of nitrogens with zero attached hydrogens (tertiary/aromatic N) is 1. The molecule has 0 unspecified atom stereocenters. The summed E-state index contributed by atoms with van der Waals surface area (Å²) >= 11 is 8.67. The van der Waals surface area contributed by atoms with Gasteiger partial charge in [-0.3, -0.25) is 4.79 Å². The molecule has 0 bridgehead atoms. The Morgan fingerprint density at radius 3 is 2.93 bits per heavy atom. The number of aromatic nitrogens is 1. The molecule has 0 aromatic carbocycles. The molecule has 0 atom stereocenters. The molecular weight excluding hydrogens is 250 g/mol. The normalized spacial score (nSPS) is 10.2. The summed E-state index contributed by atoms with van der Waals surface area (Å²) in [5, 5.41) is 3.43. The molecule has 2 heterocycles. The number of pyridine rings is 1. The lowest BCUT2D eigenvalue weighted by Gasteiger charge is -1.96. The highest BCUT2D eigenvalue weighted by Gasteiger charge is 2.02. The number of hydrogen-bond donors (Lipinski definition) is 0. The summed E-state index contributed by atoms with van der Waals surface area (Å²) in [6.07, 6.45) is 2.46. The van der Waals surface area contributed by atoms with Crippen molar-refractivity contribution >= 4 is 41.0 Å². The van der Waals surface area contributed by atoms with Crippen molar-refractivity contribution in [2.24, 2.45) is 0 Å². The maximum Gasteiger partial charge on any atom is 0.160 e. The second-order valence-corrected chi connectivity index (χ2v) is 5.19. The fourth-order valence-corrected chi connectivity index (χ4v) is 2.76. The Balaban J connectivity index is 2.14. The van der Waals surface area contributed by atoms with E-state index in [4.69, 9.17) is 11.6 Å². The molecule has 0 saturated heterocycles. The van der Waals surface area contributed by atoms with Gasteiger partial charge in [0.15, 0.2) is 6.29 Å². The summed E-state index contributed by atoms with van der Waals surface area (Å²) in [5.74, 6) is 0. The summed E-state index contributed by atoms with van der Waals surface area (Å²) in [6, 6.07) is 5.49. The molecule has 0 N–H and O–H groups in total. The third-order valence-corrected chi connectivity index (χ3v) is 3.79. The van der Waals surface area contributed by atoms with Crippen LogP contribution in [0.5, 0.6) is 0 Å². The second kappa shape index (κ2) is 4.79. The number of carbonyl (C=O) groups is 1. The van der Waals surface area contributed by atoms with Crippen molar-refractivity contribution in [1.29, 1.82) is 0 Å². The molecule has 15 heavy (non-hydrogen) atoms. The average Bonchev–Trinajstić information content (AvgIpc) is 2.69. The molecular formula is C10H6ClNOS2. The predicted molar refractivity (Wildman–Crippen MR) is 63.1 cm³/mol. The molecule has 2 aromatic rings. The zero-order valence-electron chi connectivity index (χ0n) is 7.51. The smallest absolute Gasteiger partial charge is 0.160 e. The van der Waals surface area contributed by atoms with Crippen LogP contribution in [0, 0.1) is 0 Å². The summed E-state index contributed by atoms with van der Waals surface area (Å²) in [7, 11) is 0. The van der Waals surface area contributed by atoms with E-state index in [1.807, 2.05) is 17.5 Å². The maximum atomic E-state index is 10.5. The summed E-state index contributed by atoms with van der Waals surface area (Å²) in [4.78, 5) is 16.4. The van der Waals surface area contributed by atoms with Crippen molar-refractivity contribution < 1.29 is 4.79 Å². The van der Waals surface area contributed by atoms with E-state index in [0.717, 1.165) is 21.1 Å². The molecule has 0 aliphatic carbocycles. The van der Waals surface area contributed by atoms with E-state index >= 15 is 0 Å². The first-order chi connectivity index (χ1) is 7.28. The van der Waals surface area contributed by atoms with Crippen LogP contribution in [-0.2, 0) is 0 Å². The van der Waals surface area contributed by atoms with Gasteiger partial charge in [0.1, 0.15) is 5.03 Å². The lowest BCUT2D eigenvalue weighted by Crippen LogP contribution is -1.77. The van der Waals surface area contributed by atoms with Crippen LogP contribution in [0.1, 0.15) is 9.67 Å². The Bertz CT molecular complexity index is 467. The summed E-state index contributed by atoms with van der Waals surface area (Å²) in [6.45, 7) is 0. The zero-order chi connectivity index (χ0) is 10.7. The van der Waals surface area contributed by atoms with Gasteiger partial charge in [-0.2, -0.15) is 0 Å². The Kier molecular flexibility index (Phi) is 3.41. The van der Waals surface area contributed by atoms with Crippen molar-refractivity contribution in [2.45, 2.75) is 9.92 Å². The number of thiophene rings is 1. The van der Waals surface area contributed by atoms with Crippen molar-refractivity contribution in [1.82, 2.24) is 4.98 Å². The summed E-state index contributed by atoms with van der Waals surface area (Å²) in [5.41, 5.74) is 0. The fourth-order valence-electron chi connectivity index (χ4n) is 0.993. The SMILES string of the molecule is O=Cc1cc(Sc2ccc(Cl)cn2)cs1. The highest BCUT2D eigenvalue weighted by Crippen LogP contribution is 2.29. The van der Waals surface area contributed by atoms with E-state index < -0.39 is 0 Å². The van der Waals surface area contributed by atoms with Gasteiger partial charge in [-0.15, -0.1) is 11.3 Å². The molecule has 0 amide bonds. The van der Waals surface area contributed by atoms with Crippen LogP contribution >= 0.6 is 34.7 Å². The minimum Gasteiger partial charge on any atom is -0.297 e. The van der Waals surface area contributed by atoms with Crippen LogP contribution in [0.15, 0.2) is 39.7 Å². The molecule has 2 nitrogen and oxygen atoms in total. The summed E-state index contributed by atoms with van der Waals surface area (Å²) < 4.78 is 0. The molecule has 5 heteroatoms. The average molecular weight is 256 g/mol. The highest BCUT2D eigenvalue weighted by atomic mass is 35.5. The van der Waals surface area contributed by atoms with Gasteiger partial charge in [-0.25, -0.2) is 4.98 Å². The molecule has 2 rings (SSSR count). The number of carbonyl (C=O) groups excluding carboxylic acids is 1. The first kappa shape index (κ1) is 10.7. The number of aldehydes is 1. The molecule has 0 fully saturated rings. The van der Waals surface area contributed by atoms with Crippen LogP contribution in [0.3, 0.4) is 0 Å². The minimum absolute atomic E-state index is 0.623. The van der Waals surface area contributed by atoms with Crippen LogP contribution in [0.4, 0.5) is 0 Å². The van der Waals surface area contributed by atoms with Gasteiger partial charge in [-0.05, 0) is 18.2 Å². The third-order valence-electron chi connectivity index (χ3n) is 1.63. The number of halogens is 1. The largest absolute Gasteiger partial charge is 0.297 e. The van der Waals surface area contributed by atoms with Crippen molar-refractivity contribution in [3.63, 3.8) is 0 Å². The first-order valence-electron chi connectivity index (χ1n) is 4.11. The predicted octanol–water partition coefficient (Wildman–Crippen LogP) is 3.76. The van der Waals surface area contributed by atoms with E-state index in [0.29, 0.717) is 5.02 Å². The van der Waals surface area contributed by atoms with Gasteiger partial charge >= 0.3 is 0 Å². The molecule has 76 valence electrons. The van der Waals surface area contributed by atoms with E-state index in [1.165, 1.54) is 23.1 Å². The van der Waals surface area contributed by atoms with Gasteiger partial charge in [0.05, 0.1) is 9.90 Å². The quantitative estimate of drug-likeness (QED) is 0.783. The molecule has 0 aliphatic heterocycles. The second-order valence-electron chi connectivity index (χ2n) is 2.72. The molecule has 0 spiro atoms. The molecule has 0 aliphatic rings. The Morgan fingerprint density at radius 2 is 2.33 bits per heavy atom. The third kappa shape index (κ3) is 2.81. The van der Waals surface area contributed by atoms with Crippen LogP contribution in [-0.4, -0.2) is 11.3 Å². The number of rotatable bonds is 3. The molecule has 0 radical (unpaired) electrons. The maximum absolute atomic E-state index is 10.5. The van der Waals surface area contributed by atoms with Gasteiger partial charge in [0, 0.05) is 16.5 Å². The molecule has 2 aromatic heterocycles. The number of hydrogen-bond acceptors (Lipinski definition) is 4. The molecule has 0 saturated carbocycles. The van der Waals surface area contributed by atoms with Gasteiger partial charge in [0.25, 0.3) is 0 Å². The van der Waals surface area contributed by atoms with E-state index in [2.05, 4.69) is 4.98 Å². The van der Waals surface area contributed by atoms with Crippen molar-refractivity contribution in [3.05, 3.63) is 39.7 Å². The fraction of sp³-hybridized carbons (Fsp3) is 0. The van der Waals surface area contributed by atoms with Crippen molar-refractivity contribution in [2.75, 3.05) is 0 Å². The Labute approximate surface area is 100 Å². The Hall–Kier alpha value is -0.840. The van der Waals surface area contributed by atoms with Crippen LogP contribution in [0.25, 0.3) is 0 Å². The Morgan fingerprint density at radius 1 is 1.47 bits per heavy atom. The minimum atomic E-state index is 0.623. The van der Waals surface area contributed by atoms with E-state index in [1.54, 1.807) is 12.3 Å². The van der Waals surface area contributed by atoms with Crippen molar-refractivity contribution in [3.8, 4) is 0 Å². The van der Waals surface area contributed by atoms with E-state index in [9.17, 15) is 4.79 Å². The monoisotopic (exact) mass is 255 g/mol. The zero-order valence-corrected chi connectivity index (χ0v) is 9.90. The first-order valence-corrected chi connectivity index (χ1v) is 6.18. The standard InChI is InChI=1S/C10H6ClNOS2/c11-7-1-2-10(12-4-7)15-9-3-8(5-13)14-6-9/h1-6H. The lowest BCUT2D eigenvalue weighted by molar-refractivity contribution is 0.112. The van der Waals surface area contributed by atoms with Gasteiger partial charge in [0.2, 0.25) is 0 Å². The van der Waals surface area contributed by atoms with Gasteiger partial charge in [-0.1, -0.05) is 23.4 Å². The lowest BCUT2D eigenvalue weighted by atomic mass is 10.5. The highest BCUT2D eigenvalue weighted by molar-refractivity contribution is 7.99. The van der Waals surface area contributed by atoms with Crippen LogP contribution in [0.2, 0.25) is 5.02 Å². The van der Waals surface area contributed by atoms with Gasteiger partial charge < -0.3 is 0 Å². The van der Waals surface area contributed by atoms with E-state index in [-0.39, 0.29) is 0 Å².